The first-order chi connectivity index (χ1) is 12.5. The molecule has 0 saturated heterocycles. The molecule has 0 fully saturated rings. The first-order valence-electron chi connectivity index (χ1n) is 6.37. The Balaban J connectivity index is 2.08. The number of halogens is 10. The van der Waals surface area contributed by atoms with Crippen molar-refractivity contribution in [1.82, 2.24) is 44.9 Å². The maximum absolute atomic E-state index is 12.7. The van der Waals surface area contributed by atoms with Crippen molar-refractivity contribution in [1.29, 1.82) is 0 Å². The molecule has 0 bridgehead atoms. The lowest BCUT2D eigenvalue weighted by Gasteiger charge is -2.37. The van der Waals surface area contributed by atoms with Crippen molar-refractivity contribution in [3.8, 4) is 11.9 Å². The highest BCUT2D eigenvalue weighted by molar-refractivity contribution is 8.46. The minimum absolute atomic E-state index is 0.0445. The van der Waals surface area contributed by atoms with Gasteiger partial charge in [0.05, 0.1) is 12.4 Å². The van der Waals surface area contributed by atoms with Gasteiger partial charge in [0.1, 0.15) is 0 Å². The van der Waals surface area contributed by atoms with Crippen LogP contribution >= 0.6 is 20.4 Å². The van der Waals surface area contributed by atoms with Crippen molar-refractivity contribution >= 4 is 26.4 Å². The molecule has 0 saturated carbocycles. The number of nitrogens with two attached hydrogens (primary N) is 1. The largest absolute Gasteiger partial charge is 0.368 e. The Morgan fingerprint density at radius 3 is 1.24 bits per heavy atom. The standard InChI is InChI=1S/C7H4F10N10S2/c8-28(9,10,11,12)3-1-26(24-22-3)6-19-5(18)20-7(21-6)27-2-4(23-25-27)29(13,14,15,16)17/h1-2H,(H2,18,19,20,21). The van der Waals surface area contributed by atoms with Crippen LogP contribution in [0.4, 0.5) is 44.8 Å². The number of hydrogen-bond donors (Lipinski definition) is 1. The summed E-state index contributed by atoms with van der Waals surface area (Å²) in [5.41, 5.74) is 5.21. The van der Waals surface area contributed by atoms with Crippen molar-refractivity contribution in [3.63, 3.8) is 0 Å². The highest BCUT2D eigenvalue weighted by Gasteiger charge is 2.69. The summed E-state index contributed by atoms with van der Waals surface area (Å²) in [4.78, 5) is 9.77. The molecular formula is C7H4F10N10S2. The summed E-state index contributed by atoms with van der Waals surface area (Å²) >= 11 is 0. The van der Waals surface area contributed by atoms with E-state index < -0.39 is 48.3 Å². The minimum Gasteiger partial charge on any atom is -0.368 e. The molecule has 2 N–H and O–H groups in total. The van der Waals surface area contributed by atoms with Gasteiger partial charge in [-0.1, -0.05) is 49.3 Å². The third-order valence-electron chi connectivity index (χ3n) is 2.77. The maximum atomic E-state index is 12.7. The Bertz CT molecular complexity index is 1050. The van der Waals surface area contributed by atoms with Gasteiger partial charge in [-0.2, -0.15) is 24.3 Å². The fourth-order valence-corrected chi connectivity index (χ4v) is 2.60. The van der Waals surface area contributed by atoms with Crippen LogP contribution < -0.4 is 5.73 Å². The molecule has 22 heteroatoms. The third kappa shape index (κ3) is 4.41. The average molecular weight is 482 g/mol. The van der Waals surface area contributed by atoms with Gasteiger partial charge in [0.15, 0.2) is 0 Å². The first-order valence-corrected chi connectivity index (χ1v) is 10.3. The predicted octanol–water partition coefficient (Wildman–Crippen LogP) is 3.93. The van der Waals surface area contributed by atoms with Crippen LogP contribution in [0.5, 0.6) is 0 Å². The zero-order chi connectivity index (χ0) is 22.2. The van der Waals surface area contributed by atoms with Gasteiger partial charge < -0.3 is 5.73 Å². The van der Waals surface area contributed by atoms with Gasteiger partial charge in [0.25, 0.3) is 11.9 Å². The van der Waals surface area contributed by atoms with Crippen molar-refractivity contribution in [2.24, 2.45) is 0 Å². The number of nitrogen functional groups attached to an aromatic ring is 1. The highest BCUT2D eigenvalue weighted by Crippen LogP contribution is 3.02. The van der Waals surface area contributed by atoms with Crippen molar-refractivity contribution in [3.05, 3.63) is 12.4 Å². The number of nitrogens with zero attached hydrogens (tertiary/aromatic N) is 9. The van der Waals surface area contributed by atoms with Gasteiger partial charge in [0.2, 0.25) is 16.0 Å². The molecule has 0 unspecified atom stereocenters. The monoisotopic (exact) mass is 482 g/mol. The molecule has 0 atom stereocenters. The van der Waals surface area contributed by atoms with Gasteiger partial charge in [-0.3, -0.25) is 0 Å². The number of anilines is 1. The molecule has 3 rings (SSSR count). The quantitative estimate of drug-likeness (QED) is 0.555. The van der Waals surface area contributed by atoms with Gasteiger partial charge >= 0.3 is 20.4 Å². The molecule has 0 amide bonds. The summed E-state index contributed by atoms with van der Waals surface area (Å²) in [5.74, 6) is -2.89. The van der Waals surface area contributed by atoms with Crippen LogP contribution in [-0.2, 0) is 0 Å². The fourth-order valence-electron chi connectivity index (χ4n) is 1.62. The number of rotatable bonds is 4. The van der Waals surface area contributed by atoms with Gasteiger partial charge in [0, 0.05) is 0 Å². The van der Waals surface area contributed by atoms with Gasteiger partial charge in [-0.15, -0.1) is 10.2 Å². The number of aromatic nitrogens is 9. The summed E-state index contributed by atoms with van der Waals surface area (Å²) in [7, 11) is -20.4. The Morgan fingerprint density at radius 1 is 0.621 bits per heavy atom. The van der Waals surface area contributed by atoms with Gasteiger partial charge in [-0.25, -0.2) is 0 Å². The van der Waals surface area contributed by atoms with E-state index in [2.05, 4.69) is 35.6 Å². The Morgan fingerprint density at radius 2 is 0.966 bits per heavy atom. The van der Waals surface area contributed by atoms with Crippen molar-refractivity contribution in [2.45, 2.75) is 10.1 Å². The SMILES string of the molecule is Nc1nc(-n2cc(S(F)(F)(F)(F)F)nn2)nc(-n2cc(S(F)(F)(F)(F)F)nn2)n1. The second kappa shape index (κ2) is 4.47. The lowest BCUT2D eigenvalue weighted by molar-refractivity contribution is 0.354. The zero-order valence-electron chi connectivity index (χ0n) is 12.9. The summed E-state index contributed by atoms with van der Waals surface area (Å²) < 4.78 is 127. The summed E-state index contributed by atoms with van der Waals surface area (Å²) in [5, 5.41) is 4.66. The molecule has 3 aromatic heterocycles. The molecule has 3 heterocycles. The van der Waals surface area contributed by atoms with Crippen LogP contribution in [0.15, 0.2) is 22.4 Å². The Hall–Kier alpha value is -2.91. The van der Waals surface area contributed by atoms with Crippen LogP contribution in [0.2, 0.25) is 0 Å². The van der Waals surface area contributed by atoms with Crippen molar-refractivity contribution in [2.75, 3.05) is 5.73 Å². The maximum Gasteiger partial charge on any atom is 0.329 e. The lowest BCUT2D eigenvalue weighted by Crippen LogP contribution is -2.12. The smallest absolute Gasteiger partial charge is 0.329 e. The van der Waals surface area contributed by atoms with E-state index in [1.54, 1.807) is 0 Å². The Labute approximate surface area is 151 Å². The van der Waals surface area contributed by atoms with E-state index in [-0.39, 0.29) is 21.8 Å². The molecule has 0 aliphatic heterocycles. The fraction of sp³-hybridized carbons (Fsp3) is 0. The molecule has 29 heavy (non-hydrogen) atoms. The number of hydrogen-bond acceptors (Lipinski definition) is 8. The van der Waals surface area contributed by atoms with E-state index in [9.17, 15) is 38.9 Å². The van der Waals surface area contributed by atoms with E-state index in [0.717, 1.165) is 0 Å². The van der Waals surface area contributed by atoms with E-state index in [0.29, 0.717) is 0 Å². The molecule has 0 spiro atoms. The van der Waals surface area contributed by atoms with Gasteiger partial charge in [-0.05, 0) is 0 Å². The molecular weight excluding hydrogens is 478 g/mol. The first kappa shape index (κ1) is 20.8. The molecule has 0 aromatic carbocycles. The normalized spacial score (nSPS) is 17.9. The zero-order valence-corrected chi connectivity index (χ0v) is 14.5. The topological polar surface area (TPSA) is 126 Å². The average Bonchev–Trinajstić information content (AvgIpc) is 3.13. The summed E-state index contributed by atoms with van der Waals surface area (Å²) in [6.07, 6.45) is -0.636. The van der Waals surface area contributed by atoms with Crippen LogP contribution in [0.25, 0.3) is 11.9 Å². The lowest BCUT2D eigenvalue weighted by atomic mass is 10.8. The molecule has 0 radical (unpaired) electrons. The minimum atomic E-state index is -10.2. The summed E-state index contributed by atoms with van der Waals surface area (Å²) in [6, 6.07) is 0. The second-order valence-electron chi connectivity index (χ2n) is 5.23. The molecule has 3 aromatic rings. The third-order valence-corrected chi connectivity index (χ3v) is 4.73. The van der Waals surface area contributed by atoms with E-state index >= 15 is 0 Å². The molecule has 0 aliphatic rings. The van der Waals surface area contributed by atoms with Crippen molar-refractivity contribution < 1.29 is 38.9 Å². The van der Waals surface area contributed by atoms with E-state index in [4.69, 9.17) is 5.73 Å². The predicted molar refractivity (Wildman–Crippen MR) is 76.9 cm³/mol. The Kier molecular flexibility index (Phi) is 3.21. The molecule has 164 valence electrons. The molecule has 10 nitrogen and oxygen atoms in total. The van der Waals surface area contributed by atoms with E-state index in [1.165, 1.54) is 0 Å². The second-order valence-corrected chi connectivity index (χ2v) is 9.95. The van der Waals surface area contributed by atoms with Crippen LogP contribution in [0.3, 0.4) is 0 Å². The van der Waals surface area contributed by atoms with Crippen LogP contribution in [0.1, 0.15) is 0 Å². The van der Waals surface area contributed by atoms with E-state index in [1.807, 2.05) is 0 Å². The van der Waals surface area contributed by atoms with Crippen LogP contribution in [-0.4, -0.2) is 44.9 Å². The van der Waals surface area contributed by atoms with Crippen LogP contribution in [0, 0.1) is 0 Å². The summed E-state index contributed by atoms with van der Waals surface area (Å²) in [6.45, 7) is 0. The molecule has 0 aliphatic carbocycles. The highest BCUT2D eigenvalue weighted by atomic mass is 32.5.